The van der Waals surface area contributed by atoms with Crippen molar-refractivity contribution in [3.05, 3.63) is 23.9 Å². The number of anilines is 1. The minimum absolute atomic E-state index is 0.181. The average molecular weight is 292 g/mol. The number of nitrogens with zero attached hydrogens (tertiary/aromatic N) is 3. The summed E-state index contributed by atoms with van der Waals surface area (Å²) >= 11 is 0. The molecule has 1 N–H and O–H groups in total. The van der Waals surface area contributed by atoms with Crippen LogP contribution in [-0.2, 0) is 11.3 Å². The normalized spacial score (nSPS) is 10.7. The van der Waals surface area contributed by atoms with Gasteiger partial charge in [0, 0.05) is 32.4 Å². The van der Waals surface area contributed by atoms with Crippen LogP contribution in [0.2, 0.25) is 0 Å². The van der Waals surface area contributed by atoms with Gasteiger partial charge in [-0.15, -0.1) is 0 Å². The van der Waals surface area contributed by atoms with Crippen LogP contribution >= 0.6 is 0 Å². The van der Waals surface area contributed by atoms with Gasteiger partial charge in [0.1, 0.15) is 5.82 Å². The first-order valence-corrected chi connectivity index (χ1v) is 7.75. The Kier molecular flexibility index (Phi) is 7.75. The third kappa shape index (κ3) is 6.12. The largest absolute Gasteiger partial charge is 0.370 e. The molecule has 0 radical (unpaired) electrons. The summed E-state index contributed by atoms with van der Waals surface area (Å²) in [6.07, 6.45) is 2.89. The molecule has 0 aliphatic carbocycles. The van der Waals surface area contributed by atoms with E-state index in [0.717, 1.165) is 38.4 Å². The van der Waals surface area contributed by atoms with Crippen molar-refractivity contribution in [2.24, 2.45) is 0 Å². The van der Waals surface area contributed by atoms with E-state index in [4.69, 9.17) is 0 Å². The molecule has 0 unspecified atom stereocenters. The van der Waals surface area contributed by atoms with Crippen LogP contribution in [0.5, 0.6) is 0 Å². The quantitative estimate of drug-likeness (QED) is 0.758. The van der Waals surface area contributed by atoms with Crippen LogP contribution in [0.4, 0.5) is 5.82 Å². The molecule has 0 spiro atoms. The first-order valence-electron chi connectivity index (χ1n) is 7.75. The second kappa shape index (κ2) is 9.34. The Labute approximate surface area is 128 Å². The van der Waals surface area contributed by atoms with Gasteiger partial charge in [0.25, 0.3) is 0 Å². The fourth-order valence-corrected chi connectivity index (χ4v) is 2.20. The zero-order valence-electron chi connectivity index (χ0n) is 13.7. The van der Waals surface area contributed by atoms with E-state index in [1.807, 2.05) is 49.0 Å². The zero-order valence-corrected chi connectivity index (χ0v) is 13.7. The number of rotatable bonds is 9. The molecule has 1 amide bonds. The molecule has 1 heterocycles. The monoisotopic (exact) mass is 292 g/mol. The molecule has 21 heavy (non-hydrogen) atoms. The van der Waals surface area contributed by atoms with Gasteiger partial charge in [0.2, 0.25) is 5.91 Å². The van der Waals surface area contributed by atoms with Crippen molar-refractivity contribution in [2.75, 3.05) is 38.5 Å². The molecule has 0 aliphatic heterocycles. The highest BCUT2D eigenvalue weighted by Crippen LogP contribution is 2.09. The Bertz CT molecular complexity index is 432. The highest BCUT2D eigenvalue weighted by atomic mass is 16.2. The van der Waals surface area contributed by atoms with Crippen molar-refractivity contribution in [3.8, 4) is 0 Å². The molecule has 0 saturated heterocycles. The summed E-state index contributed by atoms with van der Waals surface area (Å²) in [5.41, 5.74) is 1.17. The summed E-state index contributed by atoms with van der Waals surface area (Å²) < 4.78 is 0. The lowest BCUT2D eigenvalue weighted by Crippen LogP contribution is -2.38. The molecule has 118 valence electrons. The van der Waals surface area contributed by atoms with E-state index in [1.54, 1.807) is 0 Å². The molecule has 5 nitrogen and oxygen atoms in total. The van der Waals surface area contributed by atoms with Crippen LogP contribution < -0.4 is 5.32 Å². The van der Waals surface area contributed by atoms with Gasteiger partial charge in [-0.3, -0.25) is 9.69 Å². The summed E-state index contributed by atoms with van der Waals surface area (Å²) in [5.74, 6) is 1.08. The van der Waals surface area contributed by atoms with Gasteiger partial charge in [0.05, 0.1) is 6.54 Å². The van der Waals surface area contributed by atoms with Crippen molar-refractivity contribution >= 4 is 11.7 Å². The summed E-state index contributed by atoms with van der Waals surface area (Å²) in [7, 11) is 1.97. The van der Waals surface area contributed by atoms with Crippen LogP contribution in [0.1, 0.15) is 32.8 Å². The Morgan fingerprint density at radius 3 is 2.62 bits per heavy atom. The number of nitrogens with one attached hydrogen (secondary N) is 1. The second-order valence-electron chi connectivity index (χ2n) is 5.21. The summed E-state index contributed by atoms with van der Waals surface area (Å²) in [5, 5.41) is 3.28. The number of hydrogen-bond donors (Lipinski definition) is 1. The van der Waals surface area contributed by atoms with Gasteiger partial charge < -0.3 is 10.2 Å². The van der Waals surface area contributed by atoms with E-state index in [9.17, 15) is 4.79 Å². The minimum atomic E-state index is 0.181. The standard InChI is InChI=1S/C16H28N4O/c1-5-9-17-15-11-14(8-10-18-15)12-19(4)13-16(21)20(6-2)7-3/h8,10-11H,5-7,9,12-13H2,1-4H3,(H,17,18). The second-order valence-corrected chi connectivity index (χ2v) is 5.21. The Morgan fingerprint density at radius 1 is 1.29 bits per heavy atom. The SMILES string of the molecule is CCCNc1cc(CN(C)CC(=O)N(CC)CC)ccn1. The molecule has 0 fully saturated rings. The van der Waals surface area contributed by atoms with E-state index in [-0.39, 0.29) is 5.91 Å². The van der Waals surface area contributed by atoms with E-state index in [0.29, 0.717) is 6.54 Å². The van der Waals surface area contributed by atoms with Gasteiger partial charge in [-0.2, -0.15) is 0 Å². The first kappa shape index (κ1) is 17.4. The Morgan fingerprint density at radius 2 is 2.00 bits per heavy atom. The summed E-state index contributed by atoms with van der Waals surface area (Å²) in [6.45, 7) is 9.80. The van der Waals surface area contributed by atoms with E-state index >= 15 is 0 Å². The number of likely N-dealkylation sites (N-methyl/N-ethyl adjacent to an activating group) is 2. The zero-order chi connectivity index (χ0) is 15.7. The van der Waals surface area contributed by atoms with Gasteiger partial charge >= 0.3 is 0 Å². The predicted octanol–water partition coefficient (Wildman–Crippen LogP) is 2.20. The molecular weight excluding hydrogens is 264 g/mol. The third-order valence-electron chi connectivity index (χ3n) is 3.35. The van der Waals surface area contributed by atoms with Crippen molar-refractivity contribution in [1.29, 1.82) is 0 Å². The first-order chi connectivity index (χ1) is 10.1. The van der Waals surface area contributed by atoms with Crippen LogP contribution in [-0.4, -0.2) is 53.9 Å². The topological polar surface area (TPSA) is 48.5 Å². The molecule has 0 bridgehead atoms. The molecule has 1 rings (SSSR count). The lowest BCUT2D eigenvalue weighted by atomic mass is 10.2. The number of pyridine rings is 1. The van der Waals surface area contributed by atoms with Crippen LogP contribution in [0.3, 0.4) is 0 Å². The lowest BCUT2D eigenvalue weighted by Gasteiger charge is -2.23. The number of hydrogen-bond acceptors (Lipinski definition) is 4. The molecule has 5 heteroatoms. The smallest absolute Gasteiger partial charge is 0.236 e. The van der Waals surface area contributed by atoms with Crippen molar-refractivity contribution < 1.29 is 4.79 Å². The van der Waals surface area contributed by atoms with E-state index in [2.05, 4.69) is 17.2 Å². The lowest BCUT2D eigenvalue weighted by molar-refractivity contribution is -0.131. The van der Waals surface area contributed by atoms with Crippen molar-refractivity contribution in [3.63, 3.8) is 0 Å². The molecule has 0 saturated carbocycles. The molecule has 0 aromatic carbocycles. The maximum Gasteiger partial charge on any atom is 0.236 e. The minimum Gasteiger partial charge on any atom is -0.370 e. The maximum atomic E-state index is 12.1. The van der Waals surface area contributed by atoms with Crippen LogP contribution in [0.25, 0.3) is 0 Å². The molecule has 0 atom stereocenters. The fraction of sp³-hybridized carbons (Fsp3) is 0.625. The predicted molar refractivity (Wildman–Crippen MR) is 87.3 cm³/mol. The Hall–Kier alpha value is -1.62. The molecule has 0 aliphatic rings. The van der Waals surface area contributed by atoms with E-state index < -0.39 is 0 Å². The molecule has 1 aromatic rings. The van der Waals surface area contributed by atoms with Gasteiger partial charge in [-0.05, 0) is 45.0 Å². The van der Waals surface area contributed by atoms with Crippen LogP contribution in [0, 0.1) is 0 Å². The number of carbonyl (C=O) groups is 1. The average Bonchev–Trinajstić information content (AvgIpc) is 2.46. The highest BCUT2D eigenvalue weighted by Gasteiger charge is 2.12. The summed E-state index contributed by atoms with van der Waals surface area (Å²) in [6, 6.07) is 4.05. The Balaban J connectivity index is 2.54. The molecular formula is C16H28N4O. The maximum absolute atomic E-state index is 12.1. The number of aromatic nitrogens is 1. The van der Waals surface area contributed by atoms with Crippen LogP contribution in [0.15, 0.2) is 18.3 Å². The van der Waals surface area contributed by atoms with Crippen molar-refractivity contribution in [2.45, 2.75) is 33.7 Å². The van der Waals surface area contributed by atoms with Gasteiger partial charge in [-0.25, -0.2) is 4.98 Å². The molecule has 1 aromatic heterocycles. The van der Waals surface area contributed by atoms with Gasteiger partial charge in [0.15, 0.2) is 0 Å². The number of carbonyl (C=O) groups excluding carboxylic acids is 1. The van der Waals surface area contributed by atoms with Crippen molar-refractivity contribution in [1.82, 2.24) is 14.8 Å². The number of amides is 1. The van der Waals surface area contributed by atoms with Gasteiger partial charge in [-0.1, -0.05) is 6.92 Å². The highest BCUT2D eigenvalue weighted by molar-refractivity contribution is 5.78. The fourth-order valence-electron chi connectivity index (χ4n) is 2.20. The van der Waals surface area contributed by atoms with E-state index in [1.165, 1.54) is 5.56 Å². The third-order valence-corrected chi connectivity index (χ3v) is 3.35. The summed E-state index contributed by atoms with van der Waals surface area (Å²) in [4.78, 5) is 20.3.